The van der Waals surface area contributed by atoms with Crippen LogP contribution in [-0.4, -0.2) is 41.6 Å². The van der Waals surface area contributed by atoms with Crippen LogP contribution in [0.3, 0.4) is 0 Å². The first-order valence-electron chi connectivity index (χ1n) is 12.3. The molecule has 0 bridgehead atoms. The third-order valence-corrected chi connectivity index (χ3v) is 6.38. The van der Waals surface area contributed by atoms with Crippen LogP contribution in [-0.2, 0) is 19.1 Å². The fraction of sp³-hybridized carbons (Fsp3) is 0.194. The third kappa shape index (κ3) is 6.45. The highest BCUT2D eigenvalue weighted by atomic mass is 79.9. The molecule has 1 heterocycles. The summed E-state index contributed by atoms with van der Waals surface area (Å²) in [6, 6.07) is 26.3. The number of esters is 1. The standard InChI is InChI=1S/C31H27BrN2O5/c1-21(2)26(31(37)39-27(22-13-6-3-7-14-22)23-15-8-4-9-16-23)34-29(36)25(30(34)38-20-12-19-32)33-28(35)24-17-10-5-11-18-24/h3-11,13-18,25,27,30H,20H2,1-2H3,(H,33,35). The molecule has 1 N–H and O–H groups in total. The van der Waals surface area contributed by atoms with Gasteiger partial charge in [-0.1, -0.05) is 84.8 Å². The van der Waals surface area contributed by atoms with E-state index in [1.165, 1.54) is 4.90 Å². The number of β-lactam (4-membered cyclic amide) rings is 1. The highest BCUT2D eigenvalue weighted by Crippen LogP contribution is 2.33. The largest absolute Gasteiger partial charge is 0.448 e. The van der Waals surface area contributed by atoms with Crippen LogP contribution in [0.1, 0.15) is 41.4 Å². The molecule has 0 spiro atoms. The van der Waals surface area contributed by atoms with Gasteiger partial charge in [-0.05, 0) is 47.5 Å². The number of halogens is 1. The van der Waals surface area contributed by atoms with Gasteiger partial charge < -0.3 is 14.8 Å². The molecule has 0 radical (unpaired) electrons. The molecule has 3 aromatic carbocycles. The molecule has 1 aliphatic rings. The molecule has 2 atom stereocenters. The smallest absolute Gasteiger partial charge is 0.356 e. The number of benzene rings is 3. The first kappa shape index (κ1) is 27.8. The minimum absolute atomic E-state index is 0.0286. The molecular weight excluding hydrogens is 560 g/mol. The maximum absolute atomic E-state index is 13.7. The van der Waals surface area contributed by atoms with E-state index in [0.717, 1.165) is 11.1 Å². The molecule has 39 heavy (non-hydrogen) atoms. The van der Waals surface area contributed by atoms with Crippen LogP contribution in [0.5, 0.6) is 0 Å². The van der Waals surface area contributed by atoms with E-state index in [1.807, 2.05) is 60.7 Å². The zero-order valence-electron chi connectivity index (χ0n) is 21.5. The Morgan fingerprint density at radius 2 is 1.46 bits per heavy atom. The van der Waals surface area contributed by atoms with E-state index in [2.05, 4.69) is 32.0 Å². The van der Waals surface area contributed by atoms with E-state index in [9.17, 15) is 14.4 Å². The summed E-state index contributed by atoms with van der Waals surface area (Å²) in [5.74, 6) is 1.12. The Hall–Kier alpha value is -4.19. The van der Waals surface area contributed by atoms with Crippen molar-refractivity contribution in [1.82, 2.24) is 10.2 Å². The summed E-state index contributed by atoms with van der Waals surface area (Å²) in [7, 11) is 0. The molecule has 2 amide bonds. The lowest BCUT2D eigenvalue weighted by Gasteiger charge is -2.46. The number of hydrogen-bond donors (Lipinski definition) is 1. The number of rotatable bonds is 9. The summed E-state index contributed by atoms with van der Waals surface area (Å²) in [5.41, 5.74) is 2.58. The van der Waals surface area contributed by atoms with Crippen molar-refractivity contribution >= 4 is 33.7 Å². The zero-order valence-corrected chi connectivity index (χ0v) is 23.1. The van der Waals surface area contributed by atoms with Gasteiger partial charge in [0, 0.05) is 21.5 Å². The average molecular weight is 587 g/mol. The number of likely N-dealkylation sites (tertiary alicyclic amines) is 1. The number of ether oxygens (including phenoxy) is 2. The van der Waals surface area contributed by atoms with Crippen molar-refractivity contribution in [1.29, 1.82) is 0 Å². The molecule has 1 aliphatic heterocycles. The second-order valence-corrected chi connectivity index (χ2v) is 9.35. The average Bonchev–Trinajstić information content (AvgIpc) is 2.97. The number of carbonyl (C=O) groups is 3. The number of carbonyl (C=O) groups excluding carboxylic acids is 3. The lowest BCUT2D eigenvalue weighted by atomic mass is 9.99. The molecule has 8 heteroatoms. The van der Waals surface area contributed by atoms with E-state index in [1.54, 1.807) is 44.2 Å². The maximum atomic E-state index is 13.7. The van der Waals surface area contributed by atoms with E-state index in [4.69, 9.17) is 9.47 Å². The van der Waals surface area contributed by atoms with Gasteiger partial charge in [0.1, 0.15) is 12.3 Å². The highest BCUT2D eigenvalue weighted by Gasteiger charge is 2.53. The minimum atomic E-state index is -1.00. The second kappa shape index (κ2) is 13.1. The topological polar surface area (TPSA) is 84.9 Å². The molecule has 2 unspecified atom stereocenters. The third-order valence-electron chi connectivity index (χ3n) is 6.10. The van der Waals surface area contributed by atoms with Gasteiger partial charge in [0.05, 0.1) is 0 Å². The molecule has 1 fully saturated rings. The first-order chi connectivity index (χ1) is 18.9. The van der Waals surface area contributed by atoms with Crippen LogP contribution in [0.2, 0.25) is 0 Å². The summed E-state index contributed by atoms with van der Waals surface area (Å²) in [4.78, 5) is 43.7. The van der Waals surface area contributed by atoms with Crippen molar-refractivity contribution in [3.05, 3.63) is 119 Å². The molecule has 0 aliphatic carbocycles. The second-order valence-electron chi connectivity index (χ2n) is 8.95. The molecule has 4 rings (SSSR count). The van der Waals surface area contributed by atoms with Crippen LogP contribution in [0.4, 0.5) is 0 Å². The number of nitrogens with one attached hydrogen (secondary N) is 1. The van der Waals surface area contributed by atoms with Gasteiger partial charge in [-0.25, -0.2) is 4.79 Å². The van der Waals surface area contributed by atoms with Crippen molar-refractivity contribution in [2.45, 2.75) is 32.2 Å². The Kier molecular flexibility index (Phi) is 9.31. The predicted octanol–water partition coefficient (Wildman–Crippen LogP) is 4.95. The molecule has 1 saturated heterocycles. The van der Waals surface area contributed by atoms with E-state index in [0.29, 0.717) is 11.1 Å². The van der Waals surface area contributed by atoms with E-state index >= 15 is 0 Å². The van der Waals surface area contributed by atoms with E-state index in [-0.39, 0.29) is 12.3 Å². The Bertz CT molecular complexity index is 1370. The minimum Gasteiger partial charge on any atom is -0.448 e. The van der Waals surface area contributed by atoms with Crippen LogP contribution < -0.4 is 5.32 Å². The van der Waals surface area contributed by atoms with E-state index < -0.39 is 36.2 Å². The Morgan fingerprint density at radius 1 is 0.923 bits per heavy atom. The van der Waals surface area contributed by atoms with Gasteiger partial charge in [-0.3, -0.25) is 14.5 Å². The predicted molar refractivity (Wildman–Crippen MR) is 150 cm³/mol. The number of allylic oxidation sites excluding steroid dienone is 1. The molecule has 0 aromatic heterocycles. The molecule has 0 saturated carbocycles. The van der Waals surface area contributed by atoms with Crippen molar-refractivity contribution in [2.75, 3.05) is 6.61 Å². The lowest BCUT2D eigenvalue weighted by Crippen LogP contribution is -2.71. The Balaban J connectivity index is 1.61. The van der Waals surface area contributed by atoms with Gasteiger partial charge in [0.15, 0.2) is 18.4 Å². The van der Waals surface area contributed by atoms with Gasteiger partial charge in [0.25, 0.3) is 11.8 Å². The summed E-state index contributed by atoms with van der Waals surface area (Å²) < 4.78 is 11.9. The van der Waals surface area contributed by atoms with Crippen LogP contribution in [0.15, 0.2) is 102 Å². The van der Waals surface area contributed by atoms with Crippen molar-refractivity contribution in [3.63, 3.8) is 0 Å². The summed E-state index contributed by atoms with van der Waals surface area (Å²) >= 11 is 3.02. The Labute approximate surface area is 235 Å². The zero-order chi connectivity index (χ0) is 27.8. The van der Waals surface area contributed by atoms with Crippen molar-refractivity contribution in [3.8, 4) is 10.8 Å². The van der Waals surface area contributed by atoms with Crippen LogP contribution in [0.25, 0.3) is 0 Å². The SMILES string of the molecule is CC(C)=C(C(=O)OC(c1ccccc1)c1ccccc1)N1C(=O)C(NC(=O)c2ccccc2)C1OCC#CBr. The summed E-state index contributed by atoms with van der Waals surface area (Å²) in [6.07, 6.45) is -1.65. The summed E-state index contributed by atoms with van der Waals surface area (Å²) in [5, 5.41) is 2.72. The first-order valence-corrected chi connectivity index (χ1v) is 13.1. The maximum Gasteiger partial charge on any atom is 0.356 e. The molecule has 3 aromatic rings. The van der Waals surface area contributed by atoms with Crippen LogP contribution >= 0.6 is 15.9 Å². The number of nitrogens with zero attached hydrogens (tertiary/aromatic N) is 1. The van der Waals surface area contributed by atoms with Crippen molar-refractivity contribution < 1.29 is 23.9 Å². The quantitative estimate of drug-likeness (QED) is 0.166. The lowest BCUT2D eigenvalue weighted by molar-refractivity contribution is -0.178. The van der Waals surface area contributed by atoms with Gasteiger partial charge in [-0.15, -0.1) is 0 Å². The normalized spacial score (nSPS) is 16.0. The van der Waals surface area contributed by atoms with Gasteiger partial charge in [0.2, 0.25) is 0 Å². The molecule has 198 valence electrons. The van der Waals surface area contributed by atoms with Gasteiger partial charge >= 0.3 is 5.97 Å². The summed E-state index contributed by atoms with van der Waals surface area (Å²) in [6.45, 7) is 3.41. The van der Waals surface area contributed by atoms with Gasteiger partial charge in [-0.2, -0.15) is 0 Å². The molecule has 7 nitrogen and oxygen atoms in total. The fourth-order valence-electron chi connectivity index (χ4n) is 4.26. The van der Waals surface area contributed by atoms with Crippen LogP contribution in [0, 0.1) is 10.8 Å². The number of amides is 2. The monoisotopic (exact) mass is 586 g/mol. The molecular formula is C31H27BrN2O5. The Morgan fingerprint density at radius 3 is 1.97 bits per heavy atom. The van der Waals surface area contributed by atoms with Crippen molar-refractivity contribution in [2.24, 2.45) is 0 Å². The fourth-order valence-corrected chi connectivity index (χ4v) is 4.38. The highest BCUT2D eigenvalue weighted by molar-refractivity contribution is 9.12. The number of hydrogen-bond acceptors (Lipinski definition) is 5.